The minimum absolute atomic E-state index is 0.0387. The molecule has 196 valence electrons. The van der Waals surface area contributed by atoms with Gasteiger partial charge in [0.05, 0.1) is 27.8 Å². The van der Waals surface area contributed by atoms with E-state index in [9.17, 15) is 23.2 Å². The summed E-state index contributed by atoms with van der Waals surface area (Å²) in [7, 11) is 4.46. The molecule has 0 bridgehead atoms. The van der Waals surface area contributed by atoms with Gasteiger partial charge in [0.1, 0.15) is 5.82 Å². The lowest BCUT2D eigenvalue weighted by atomic mass is 9.96. The third-order valence-corrected chi connectivity index (χ3v) is 6.61. The quantitative estimate of drug-likeness (QED) is 0.414. The Kier molecular flexibility index (Phi) is 7.21. The lowest BCUT2D eigenvalue weighted by Crippen LogP contribution is -2.40. The summed E-state index contributed by atoms with van der Waals surface area (Å²) in [4.78, 5) is 45.6. The van der Waals surface area contributed by atoms with E-state index >= 15 is 0 Å². The van der Waals surface area contributed by atoms with Gasteiger partial charge in [-0.3, -0.25) is 19.1 Å². The predicted octanol–water partition coefficient (Wildman–Crippen LogP) is 3.45. The fourth-order valence-corrected chi connectivity index (χ4v) is 4.53. The maximum atomic E-state index is 14.9. The van der Waals surface area contributed by atoms with Crippen LogP contribution >= 0.6 is 11.6 Å². The molecule has 0 spiro atoms. The van der Waals surface area contributed by atoms with E-state index in [-0.39, 0.29) is 39.4 Å². The number of nitrogens with zero attached hydrogens (tertiary/aromatic N) is 4. The smallest absolute Gasteiger partial charge is 0.327 e. The van der Waals surface area contributed by atoms with Gasteiger partial charge < -0.3 is 20.2 Å². The molecule has 1 amide bonds. The van der Waals surface area contributed by atoms with Crippen molar-refractivity contribution in [2.45, 2.75) is 12.8 Å². The summed E-state index contributed by atoms with van der Waals surface area (Å²) in [5.41, 5.74) is -0.144. The molecule has 3 N–H and O–H groups in total. The molecule has 3 heterocycles. The van der Waals surface area contributed by atoms with Crippen LogP contribution in [-0.4, -0.2) is 63.6 Å². The number of rotatable bonds is 6. The molecule has 2 aromatic heterocycles. The van der Waals surface area contributed by atoms with Gasteiger partial charge in [-0.1, -0.05) is 11.6 Å². The molecule has 13 heteroatoms. The fraction of sp³-hybridized carbons (Fsp3) is 0.333. The molecule has 1 saturated heterocycles. The SMILES string of the molecule is CN(C)c1nc(F)c(-c2c(Nc3ccc(C(=O)N4CCC(C(=O)O)CC4)c(Cl)c3)[nH]c(=O)n2C)cc1F. The van der Waals surface area contributed by atoms with Crippen molar-refractivity contribution >= 4 is 40.8 Å². The van der Waals surface area contributed by atoms with Gasteiger partial charge >= 0.3 is 11.7 Å². The summed E-state index contributed by atoms with van der Waals surface area (Å²) in [6, 6.07) is 5.50. The Hall–Kier alpha value is -3.93. The number of aliphatic carboxylic acids is 1. The Bertz CT molecular complexity index is 1430. The summed E-state index contributed by atoms with van der Waals surface area (Å²) in [6.07, 6.45) is 0.730. The number of aromatic amines is 1. The van der Waals surface area contributed by atoms with Gasteiger partial charge in [0.15, 0.2) is 11.6 Å². The normalized spacial score (nSPS) is 14.1. The zero-order chi connectivity index (χ0) is 27.0. The number of aromatic nitrogens is 3. The van der Waals surface area contributed by atoms with Gasteiger partial charge in [0, 0.05) is 39.9 Å². The van der Waals surface area contributed by atoms with Crippen molar-refractivity contribution in [1.29, 1.82) is 0 Å². The van der Waals surface area contributed by atoms with Crippen LogP contribution in [0.5, 0.6) is 0 Å². The van der Waals surface area contributed by atoms with Crippen LogP contribution in [0.4, 0.5) is 26.1 Å². The first-order valence-electron chi connectivity index (χ1n) is 11.4. The van der Waals surface area contributed by atoms with Crippen LogP contribution in [0, 0.1) is 17.7 Å². The lowest BCUT2D eigenvalue weighted by molar-refractivity contribution is -0.143. The minimum atomic E-state index is -0.964. The number of hydrogen-bond donors (Lipinski definition) is 3. The number of carbonyl (C=O) groups excluding carboxylic acids is 1. The van der Waals surface area contributed by atoms with E-state index in [0.29, 0.717) is 31.6 Å². The Morgan fingerprint density at radius 1 is 1.22 bits per heavy atom. The summed E-state index contributed by atoms with van der Waals surface area (Å²) >= 11 is 6.39. The number of hydrogen-bond acceptors (Lipinski definition) is 6. The zero-order valence-corrected chi connectivity index (χ0v) is 21.1. The number of carboxylic acids is 1. The van der Waals surface area contributed by atoms with Crippen molar-refractivity contribution in [1.82, 2.24) is 19.4 Å². The van der Waals surface area contributed by atoms with Crippen LogP contribution in [0.25, 0.3) is 11.3 Å². The molecule has 0 aliphatic carbocycles. The van der Waals surface area contributed by atoms with Crippen molar-refractivity contribution in [2.24, 2.45) is 13.0 Å². The van der Waals surface area contributed by atoms with E-state index in [1.54, 1.807) is 11.0 Å². The van der Waals surface area contributed by atoms with Crippen molar-refractivity contribution < 1.29 is 23.5 Å². The second kappa shape index (κ2) is 10.2. The number of piperidine rings is 1. The summed E-state index contributed by atoms with van der Waals surface area (Å²) < 4.78 is 30.6. The van der Waals surface area contributed by atoms with Crippen LogP contribution in [0.2, 0.25) is 5.02 Å². The standard InChI is InChI=1S/C24H25ClF2N6O4/c1-31(2)21-17(26)11-15(19(27)29-21)18-20(30-24(37)32(18)3)28-13-4-5-14(16(25)10-13)22(34)33-8-6-12(7-9-33)23(35)36/h4-5,10-12,28H,6-9H2,1-3H3,(H,30,37)(H,35,36). The van der Waals surface area contributed by atoms with Gasteiger partial charge in [0.2, 0.25) is 5.95 Å². The molecule has 0 atom stereocenters. The number of carboxylic acid groups (broad SMARTS) is 1. The number of pyridine rings is 1. The molecule has 1 fully saturated rings. The number of H-pyrrole nitrogens is 1. The first-order valence-corrected chi connectivity index (χ1v) is 11.8. The second-order valence-corrected chi connectivity index (χ2v) is 9.37. The Balaban J connectivity index is 1.60. The molecule has 1 aliphatic rings. The van der Waals surface area contributed by atoms with E-state index in [0.717, 1.165) is 10.6 Å². The van der Waals surface area contributed by atoms with Crippen molar-refractivity contribution in [2.75, 3.05) is 37.4 Å². The van der Waals surface area contributed by atoms with Gasteiger partial charge in [-0.2, -0.15) is 9.37 Å². The topological polar surface area (TPSA) is 124 Å². The number of amides is 1. The van der Waals surface area contributed by atoms with Crippen LogP contribution < -0.4 is 15.9 Å². The predicted molar refractivity (Wildman–Crippen MR) is 135 cm³/mol. The molecule has 1 aliphatic heterocycles. The molecular weight excluding hydrogens is 510 g/mol. The third kappa shape index (κ3) is 5.15. The van der Waals surface area contributed by atoms with E-state index < -0.39 is 29.3 Å². The van der Waals surface area contributed by atoms with Crippen molar-refractivity contribution in [3.05, 3.63) is 57.1 Å². The Morgan fingerprint density at radius 2 is 1.89 bits per heavy atom. The Labute approximate surface area is 215 Å². The average molecular weight is 535 g/mol. The van der Waals surface area contributed by atoms with Gasteiger partial charge in [0.25, 0.3) is 5.91 Å². The second-order valence-electron chi connectivity index (χ2n) is 8.96. The molecule has 0 saturated carbocycles. The summed E-state index contributed by atoms with van der Waals surface area (Å²) in [5, 5.41) is 12.2. The number of halogens is 3. The van der Waals surface area contributed by atoms with Crippen molar-refractivity contribution in [3.63, 3.8) is 0 Å². The molecule has 3 aromatic rings. The average Bonchev–Trinajstić information content (AvgIpc) is 3.12. The highest BCUT2D eigenvalue weighted by Gasteiger charge is 2.28. The van der Waals surface area contributed by atoms with E-state index in [4.69, 9.17) is 16.7 Å². The first kappa shape index (κ1) is 26.1. The van der Waals surface area contributed by atoms with Crippen molar-refractivity contribution in [3.8, 4) is 11.3 Å². The van der Waals surface area contributed by atoms with Crippen LogP contribution in [-0.2, 0) is 11.8 Å². The van der Waals surface area contributed by atoms with Gasteiger partial charge in [-0.05, 0) is 37.1 Å². The number of nitrogens with one attached hydrogen (secondary N) is 2. The number of imidazole rings is 1. The van der Waals surface area contributed by atoms with E-state index in [2.05, 4.69) is 15.3 Å². The lowest BCUT2D eigenvalue weighted by Gasteiger charge is -2.30. The van der Waals surface area contributed by atoms with Crippen LogP contribution in [0.15, 0.2) is 29.1 Å². The van der Waals surface area contributed by atoms with Gasteiger partial charge in [-0.25, -0.2) is 9.18 Å². The first-order chi connectivity index (χ1) is 17.5. The van der Waals surface area contributed by atoms with E-state index in [1.807, 2.05) is 0 Å². The fourth-order valence-electron chi connectivity index (χ4n) is 4.27. The highest BCUT2D eigenvalue weighted by molar-refractivity contribution is 6.34. The maximum Gasteiger partial charge on any atom is 0.327 e. The highest BCUT2D eigenvalue weighted by Crippen LogP contribution is 2.33. The molecule has 0 radical (unpaired) electrons. The molecule has 0 unspecified atom stereocenters. The molecular formula is C24H25ClF2N6O4. The van der Waals surface area contributed by atoms with Gasteiger partial charge in [-0.15, -0.1) is 0 Å². The molecule has 37 heavy (non-hydrogen) atoms. The zero-order valence-electron chi connectivity index (χ0n) is 20.3. The number of carbonyl (C=O) groups is 2. The number of likely N-dealkylation sites (tertiary alicyclic amines) is 1. The number of anilines is 3. The van der Waals surface area contributed by atoms with E-state index in [1.165, 1.54) is 38.2 Å². The Morgan fingerprint density at radius 3 is 2.49 bits per heavy atom. The molecule has 4 rings (SSSR count). The summed E-state index contributed by atoms with van der Waals surface area (Å²) in [6.45, 7) is 0.618. The molecule has 1 aromatic carbocycles. The third-order valence-electron chi connectivity index (χ3n) is 6.30. The van der Waals surface area contributed by atoms with Crippen LogP contribution in [0.1, 0.15) is 23.2 Å². The molecule has 10 nitrogen and oxygen atoms in total. The summed E-state index contributed by atoms with van der Waals surface area (Å²) in [5.74, 6) is -3.50. The maximum absolute atomic E-state index is 14.9. The minimum Gasteiger partial charge on any atom is -0.481 e. The highest BCUT2D eigenvalue weighted by atomic mass is 35.5. The monoisotopic (exact) mass is 534 g/mol. The van der Waals surface area contributed by atoms with Crippen LogP contribution in [0.3, 0.4) is 0 Å². The number of benzene rings is 1. The largest absolute Gasteiger partial charge is 0.481 e.